The number of oxazole rings is 1. The van der Waals surface area contributed by atoms with E-state index in [1.54, 1.807) is 0 Å². The number of nitrogens with zero attached hydrogens (tertiary/aromatic N) is 1. The van der Waals surface area contributed by atoms with Gasteiger partial charge in [0.2, 0.25) is 0 Å². The number of hydrogen-bond acceptors (Lipinski definition) is 3. The molecule has 14 heavy (non-hydrogen) atoms. The predicted molar refractivity (Wildman–Crippen MR) is 51.4 cm³/mol. The molecule has 0 aliphatic heterocycles. The normalized spacial score (nSPS) is 12.7. The summed E-state index contributed by atoms with van der Waals surface area (Å²) >= 11 is 0. The van der Waals surface area contributed by atoms with Crippen LogP contribution in [0.3, 0.4) is 0 Å². The second-order valence-corrected chi connectivity index (χ2v) is 3.42. The molecule has 0 amide bonds. The van der Waals surface area contributed by atoms with Crippen molar-refractivity contribution in [1.82, 2.24) is 4.98 Å². The molecule has 1 aromatic rings. The minimum Gasteiger partial charge on any atom is -0.476 e. The van der Waals surface area contributed by atoms with E-state index in [0.717, 1.165) is 19.3 Å². The van der Waals surface area contributed by atoms with Gasteiger partial charge < -0.3 is 9.52 Å². The topological polar surface area (TPSA) is 63.3 Å². The molecule has 0 saturated carbocycles. The van der Waals surface area contributed by atoms with Crippen molar-refractivity contribution in [1.29, 1.82) is 0 Å². The third-order valence-corrected chi connectivity index (χ3v) is 2.15. The lowest BCUT2D eigenvalue weighted by Gasteiger charge is -2.04. The lowest BCUT2D eigenvalue weighted by molar-refractivity contribution is 0.0690. The molecule has 0 unspecified atom stereocenters. The third-order valence-electron chi connectivity index (χ3n) is 2.15. The van der Waals surface area contributed by atoms with Gasteiger partial charge in [0.1, 0.15) is 6.26 Å². The monoisotopic (exact) mass is 197 g/mol. The molecule has 78 valence electrons. The standard InChI is InChI=1S/C10H15NO3/c1-3-4-5-7(2)9-11-8(6-14-9)10(12)13/h6-7H,3-5H2,1-2H3,(H,12,13)/t7-/m0/s1. The van der Waals surface area contributed by atoms with Gasteiger partial charge in [0.05, 0.1) is 0 Å². The summed E-state index contributed by atoms with van der Waals surface area (Å²) < 4.78 is 5.09. The van der Waals surface area contributed by atoms with Crippen molar-refractivity contribution >= 4 is 5.97 Å². The van der Waals surface area contributed by atoms with Gasteiger partial charge in [-0.05, 0) is 6.42 Å². The van der Waals surface area contributed by atoms with Crippen LogP contribution in [0.1, 0.15) is 55.4 Å². The maximum Gasteiger partial charge on any atom is 0.357 e. The molecule has 1 aromatic heterocycles. The van der Waals surface area contributed by atoms with E-state index in [-0.39, 0.29) is 11.6 Å². The highest BCUT2D eigenvalue weighted by atomic mass is 16.4. The zero-order valence-corrected chi connectivity index (χ0v) is 8.49. The molecule has 1 N–H and O–H groups in total. The van der Waals surface area contributed by atoms with Crippen molar-refractivity contribution in [2.75, 3.05) is 0 Å². The maximum atomic E-state index is 10.5. The summed E-state index contributed by atoms with van der Waals surface area (Å²) in [6.07, 6.45) is 4.40. The Kier molecular flexibility index (Phi) is 3.68. The molecule has 4 heteroatoms. The van der Waals surface area contributed by atoms with Crippen LogP contribution in [-0.2, 0) is 0 Å². The number of hydrogen-bond donors (Lipinski definition) is 1. The molecule has 0 aliphatic rings. The van der Waals surface area contributed by atoms with Crippen LogP contribution in [-0.4, -0.2) is 16.1 Å². The molecule has 0 aromatic carbocycles. The largest absolute Gasteiger partial charge is 0.476 e. The van der Waals surface area contributed by atoms with Crippen LogP contribution in [0.25, 0.3) is 0 Å². The van der Waals surface area contributed by atoms with Crippen LogP contribution in [0.5, 0.6) is 0 Å². The maximum absolute atomic E-state index is 10.5. The molecule has 1 atom stereocenters. The van der Waals surface area contributed by atoms with Gasteiger partial charge in [-0.25, -0.2) is 9.78 Å². The predicted octanol–water partition coefficient (Wildman–Crippen LogP) is 2.67. The summed E-state index contributed by atoms with van der Waals surface area (Å²) in [7, 11) is 0. The molecule has 1 heterocycles. The van der Waals surface area contributed by atoms with Crippen LogP contribution >= 0.6 is 0 Å². The Bertz CT molecular complexity index is 306. The van der Waals surface area contributed by atoms with Crippen molar-refractivity contribution in [2.24, 2.45) is 0 Å². The number of aromatic nitrogens is 1. The number of rotatable bonds is 5. The number of unbranched alkanes of at least 4 members (excludes halogenated alkanes) is 1. The van der Waals surface area contributed by atoms with E-state index in [2.05, 4.69) is 11.9 Å². The van der Waals surface area contributed by atoms with Gasteiger partial charge in [-0.3, -0.25) is 0 Å². The molecule has 4 nitrogen and oxygen atoms in total. The van der Waals surface area contributed by atoms with Crippen molar-refractivity contribution in [3.63, 3.8) is 0 Å². The molecule has 0 radical (unpaired) electrons. The van der Waals surface area contributed by atoms with Crippen LogP contribution in [0, 0.1) is 0 Å². The Morgan fingerprint density at radius 1 is 1.71 bits per heavy atom. The fourth-order valence-corrected chi connectivity index (χ4v) is 1.25. The molecule has 0 fully saturated rings. The van der Waals surface area contributed by atoms with E-state index < -0.39 is 5.97 Å². The third kappa shape index (κ3) is 2.58. The molecule has 0 saturated heterocycles. The highest BCUT2D eigenvalue weighted by molar-refractivity contribution is 5.84. The number of carbonyl (C=O) groups is 1. The summed E-state index contributed by atoms with van der Waals surface area (Å²) in [5.41, 5.74) is -0.0108. The summed E-state index contributed by atoms with van der Waals surface area (Å²) in [5.74, 6) is -0.318. The minimum absolute atomic E-state index is 0.0108. The quantitative estimate of drug-likeness (QED) is 0.788. The second-order valence-electron chi connectivity index (χ2n) is 3.42. The Morgan fingerprint density at radius 2 is 2.43 bits per heavy atom. The Morgan fingerprint density at radius 3 is 2.93 bits per heavy atom. The Labute approximate surface area is 83.0 Å². The van der Waals surface area contributed by atoms with Crippen LogP contribution < -0.4 is 0 Å². The fourth-order valence-electron chi connectivity index (χ4n) is 1.25. The van der Waals surface area contributed by atoms with Crippen molar-refractivity contribution in [2.45, 2.75) is 39.0 Å². The van der Waals surface area contributed by atoms with E-state index in [9.17, 15) is 4.79 Å². The average Bonchev–Trinajstić information content (AvgIpc) is 2.62. The highest BCUT2D eigenvalue weighted by Gasteiger charge is 2.15. The summed E-state index contributed by atoms with van der Waals surface area (Å²) in [6, 6.07) is 0. The van der Waals surface area contributed by atoms with Gasteiger partial charge in [-0.15, -0.1) is 0 Å². The number of aromatic carboxylic acids is 1. The van der Waals surface area contributed by atoms with Gasteiger partial charge in [-0.1, -0.05) is 26.7 Å². The van der Waals surface area contributed by atoms with E-state index in [1.165, 1.54) is 6.26 Å². The number of carboxylic acids is 1. The van der Waals surface area contributed by atoms with E-state index >= 15 is 0 Å². The SMILES string of the molecule is CCCC[C@H](C)c1nc(C(=O)O)co1. The summed E-state index contributed by atoms with van der Waals surface area (Å²) in [4.78, 5) is 14.4. The first kappa shape index (κ1) is 10.8. The smallest absolute Gasteiger partial charge is 0.357 e. The van der Waals surface area contributed by atoms with Gasteiger partial charge >= 0.3 is 5.97 Å². The van der Waals surface area contributed by atoms with E-state index in [0.29, 0.717) is 5.89 Å². The minimum atomic E-state index is -1.04. The average molecular weight is 197 g/mol. The Hall–Kier alpha value is -1.32. The van der Waals surface area contributed by atoms with Gasteiger partial charge in [0.15, 0.2) is 11.6 Å². The first-order chi connectivity index (χ1) is 6.65. The van der Waals surface area contributed by atoms with Crippen LogP contribution in [0.15, 0.2) is 10.7 Å². The molecule has 0 spiro atoms. The molecule has 0 bridgehead atoms. The van der Waals surface area contributed by atoms with Crippen LogP contribution in [0.4, 0.5) is 0 Å². The molecular formula is C10H15NO3. The van der Waals surface area contributed by atoms with Gasteiger partial charge in [-0.2, -0.15) is 0 Å². The second kappa shape index (κ2) is 4.79. The summed E-state index contributed by atoms with van der Waals surface area (Å²) in [5, 5.41) is 8.63. The van der Waals surface area contributed by atoms with E-state index in [4.69, 9.17) is 9.52 Å². The first-order valence-corrected chi connectivity index (χ1v) is 4.83. The first-order valence-electron chi connectivity index (χ1n) is 4.83. The van der Waals surface area contributed by atoms with Gasteiger partial charge in [0.25, 0.3) is 0 Å². The highest BCUT2D eigenvalue weighted by Crippen LogP contribution is 2.20. The summed E-state index contributed by atoms with van der Waals surface area (Å²) in [6.45, 7) is 4.11. The fraction of sp³-hybridized carbons (Fsp3) is 0.600. The van der Waals surface area contributed by atoms with Crippen molar-refractivity contribution < 1.29 is 14.3 Å². The van der Waals surface area contributed by atoms with Crippen molar-refractivity contribution in [3.8, 4) is 0 Å². The lowest BCUT2D eigenvalue weighted by atomic mass is 10.0. The molecular weight excluding hydrogens is 182 g/mol. The zero-order chi connectivity index (χ0) is 10.6. The van der Waals surface area contributed by atoms with Crippen molar-refractivity contribution in [3.05, 3.63) is 17.8 Å². The van der Waals surface area contributed by atoms with Crippen LogP contribution in [0.2, 0.25) is 0 Å². The number of carboxylic acid groups (broad SMARTS) is 1. The molecule has 0 aliphatic carbocycles. The van der Waals surface area contributed by atoms with E-state index in [1.807, 2.05) is 6.92 Å². The molecule has 1 rings (SSSR count). The zero-order valence-electron chi connectivity index (χ0n) is 8.49. The lowest BCUT2D eigenvalue weighted by Crippen LogP contribution is -1.98. The Balaban J connectivity index is 2.61. The van der Waals surface area contributed by atoms with Gasteiger partial charge in [0, 0.05) is 5.92 Å².